The van der Waals surface area contributed by atoms with Crippen molar-refractivity contribution >= 4 is 28.8 Å². The van der Waals surface area contributed by atoms with E-state index < -0.39 is 0 Å². The van der Waals surface area contributed by atoms with Crippen LogP contribution in [0.15, 0.2) is 72.7 Å². The van der Waals surface area contributed by atoms with E-state index in [4.69, 9.17) is 0 Å². The van der Waals surface area contributed by atoms with Gasteiger partial charge in [0.25, 0.3) is 11.8 Å². The molecule has 0 unspecified atom stereocenters. The van der Waals surface area contributed by atoms with Crippen molar-refractivity contribution in [1.29, 1.82) is 0 Å². The van der Waals surface area contributed by atoms with E-state index in [1.54, 1.807) is 18.5 Å². The zero-order valence-corrected chi connectivity index (χ0v) is 19.5. The Morgan fingerprint density at radius 2 is 1.71 bits per heavy atom. The van der Waals surface area contributed by atoms with E-state index in [9.17, 15) is 9.59 Å². The Morgan fingerprint density at radius 3 is 2.38 bits per heavy atom. The summed E-state index contributed by atoms with van der Waals surface area (Å²) in [6, 6.07) is 17.7. The zero-order chi connectivity index (χ0) is 23.7. The molecule has 0 radical (unpaired) electrons. The Morgan fingerprint density at radius 1 is 0.941 bits per heavy atom. The minimum atomic E-state index is -0.326. The fraction of sp³-hybridized carbons (Fsp3) is 0.250. The lowest BCUT2D eigenvalue weighted by Crippen LogP contribution is -2.32. The van der Waals surface area contributed by atoms with Crippen LogP contribution in [0.5, 0.6) is 0 Å². The first-order valence-corrected chi connectivity index (χ1v) is 11.7. The number of aromatic nitrogens is 1. The molecule has 0 spiro atoms. The van der Waals surface area contributed by atoms with Gasteiger partial charge in [0.2, 0.25) is 0 Å². The minimum absolute atomic E-state index is 0.180. The molecule has 0 atom stereocenters. The van der Waals surface area contributed by atoms with Gasteiger partial charge in [0.15, 0.2) is 0 Å². The van der Waals surface area contributed by atoms with Gasteiger partial charge in [-0.2, -0.15) is 0 Å². The molecule has 0 saturated carbocycles. The summed E-state index contributed by atoms with van der Waals surface area (Å²) in [6.07, 6.45) is 5.79. The van der Waals surface area contributed by atoms with E-state index in [1.807, 2.05) is 50.2 Å². The summed E-state index contributed by atoms with van der Waals surface area (Å²) in [5.74, 6) is -0.621. The van der Waals surface area contributed by atoms with Crippen LogP contribution < -0.4 is 10.2 Å². The molecule has 2 aliphatic rings. The van der Waals surface area contributed by atoms with E-state index in [0.29, 0.717) is 11.3 Å². The van der Waals surface area contributed by atoms with Gasteiger partial charge in [-0.3, -0.25) is 19.5 Å². The molecule has 1 fully saturated rings. The Balaban J connectivity index is 1.50. The number of hydrogen-bond donors (Lipinski definition) is 1. The molecule has 1 saturated heterocycles. The predicted octanol–water partition coefficient (Wildman–Crippen LogP) is 4.69. The molecule has 0 bridgehead atoms. The topological polar surface area (TPSA) is 65.5 Å². The third-order valence-electron chi connectivity index (χ3n) is 6.49. The average Bonchev–Trinajstić information content (AvgIpc) is 3.45. The molecule has 1 N–H and O–H groups in total. The first kappa shape index (κ1) is 21.9. The van der Waals surface area contributed by atoms with Gasteiger partial charge < -0.3 is 10.2 Å². The molecule has 3 aromatic rings. The molecule has 6 nitrogen and oxygen atoms in total. The van der Waals surface area contributed by atoms with Crippen molar-refractivity contribution in [3.8, 4) is 0 Å². The van der Waals surface area contributed by atoms with Crippen LogP contribution in [0.4, 0.5) is 11.4 Å². The summed E-state index contributed by atoms with van der Waals surface area (Å²) in [7, 11) is 0. The SMILES string of the molecule is Cc1ccc(C2=C(Nc3ccc(N4CCCC4)cc3)C(=O)N(Cc3cccnc3)C2=O)c(C)c1. The normalized spacial score (nSPS) is 16.1. The highest BCUT2D eigenvalue weighted by atomic mass is 16.2. The lowest BCUT2D eigenvalue weighted by atomic mass is 9.97. The van der Waals surface area contributed by atoms with Crippen molar-refractivity contribution in [2.24, 2.45) is 0 Å². The highest BCUT2D eigenvalue weighted by molar-refractivity contribution is 6.36. The molecule has 2 aromatic carbocycles. The van der Waals surface area contributed by atoms with Crippen LogP contribution in [-0.4, -0.2) is 34.8 Å². The monoisotopic (exact) mass is 452 g/mol. The fourth-order valence-corrected chi connectivity index (χ4v) is 4.73. The minimum Gasteiger partial charge on any atom is -0.372 e. The summed E-state index contributed by atoms with van der Waals surface area (Å²) in [5.41, 5.74) is 6.34. The number of nitrogens with one attached hydrogen (secondary N) is 1. The number of amides is 2. The van der Waals surface area contributed by atoms with Crippen LogP contribution in [0.2, 0.25) is 0 Å². The number of aryl methyl sites for hydroxylation is 2. The second-order valence-electron chi connectivity index (χ2n) is 8.99. The van der Waals surface area contributed by atoms with Gasteiger partial charge in [-0.1, -0.05) is 29.8 Å². The number of imide groups is 1. The predicted molar refractivity (Wildman–Crippen MR) is 134 cm³/mol. The molecule has 0 aliphatic carbocycles. The smallest absolute Gasteiger partial charge is 0.278 e. The van der Waals surface area contributed by atoms with Crippen LogP contribution in [0.25, 0.3) is 5.57 Å². The Bertz CT molecular complexity index is 1260. The summed E-state index contributed by atoms with van der Waals surface area (Å²) in [6.45, 7) is 6.32. The highest BCUT2D eigenvalue weighted by Crippen LogP contribution is 2.34. The molecule has 1 aromatic heterocycles. The lowest BCUT2D eigenvalue weighted by molar-refractivity contribution is -0.137. The first-order valence-electron chi connectivity index (χ1n) is 11.7. The van der Waals surface area contributed by atoms with E-state index in [1.165, 1.54) is 23.4 Å². The third kappa shape index (κ3) is 4.19. The molecular weight excluding hydrogens is 424 g/mol. The van der Waals surface area contributed by atoms with E-state index >= 15 is 0 Å². The van der Waals surface area contributed by atoms with Crippen molar-refractivity contribution in [2.75, 3.05) is 23.3 Å². The molecule has 3 heterocycles. The Labute approximate surface area is 199 Å². The number of rotatable bonds is 6. The standard InChI is InChI=1S/C28H28N4O2/c1-19-7-12-24(20(2)16-19)25-26(28(34)32(27(25)33)18-21-6-5-13-29-17-21)30-22-8-10-23(11-9-22)31-14-3-4-15-31/h5-13,16-17,30H,3-4,14-15,18H2,1-2H3. The summed E-state index contributed by atoms with van der Waals surface area (Å²) in [5, 5.41) is 3.28. The van der Waals surface area contributed by atoms with Gasteiger partial charge in [0, 0.05) is 36.9 Å². The average molecular weight is 453 g/mol. The van der Waals surface area contributed by atoms with E-state index in [2.05, 4.69) is 27.3 Å². The number of anilines is 2. The number of carbonyl (C=O) groups excluding carboxylic acids is 2. The van der Waals surface area contributed by atoms with Gasteiger partial charge in [-0.05, 0) is 73.7 Å². The van der Waals surface area contributed by atoms with Crippen molar-refractivity contribution in [3.05, 3.63) is 94.9 Å². The van der Waals surface area contributed by atoms with Crippen LogP contribution >= 0.6 is 0 Å². The maximum atomic E-state index is 13.6. The summed E-state index contributed by atoms with van der Waals surface area (Å²) in [4.78, 5) is 34.9. The number of benzene rings is 2. The second-order valence-corrected chi connectivity index (χ2v) is 8.99. The van der Waals surface area contributed by atoms with Crippen LogP contribution in [0.1, 0.15) is 35.1 Å². The quantitative estimate of drug-likeness (QED) is 0.550. The number of nitrogens with zero attached hydrogens (tertiary/aromatic N) is 3. The van der Waals surface area contributed by atoms with E-state index in [0.717, 1.165) is 41.0 Å². The molecule has 34 heavy (non-hydrogen) atoms. The second kappa shape index (κ2) is 9.14. The Hall–Kier alpha value is -3.93. The number of carbonyl (C=O) groups is 2. The summed E-state index contributed by atoms with van der Waals surface area (Å²) >= 11 is 0. The maximum Gasteiger partial charge on any atom is 0.278 e. The molecular formula is C28H28N4O2. The van der Waals surface area contributed by atoms with Crippen LogP contribution in [-0.2, 0) is 16.1 Å². The largest absolute Gasteiger partial charge is 0.372 e. The fourth-order valence-electron chi connectivity index (χ4n) is 4.73. The molecule has 2 amide bonds. The van der Waals surface area contributed by atoms with Crippen molar-refractivity contribution < 1.29 is 9.59 Å². The van der Waals surface area contributed by atoms with Crippen molar-refractivity contribution in [1.82, 2.24) is 9.88 Å². The Kier molecular flexibility index (Phi) is 5.88. The molecule has 5 rings (SSSR count). The first-order chi connectivity index (χ1) is 16.5. The van der Waals surface area contributed by atoms with E-state index in [-0.39, 0.29) is 18.4 Å². The van der Waals surface area contributed by atoms with Crippen molar-refractivity contribution in [2.45, 2.75) is 33.2 Å². The number of hydrogen-bond acceptors (Lipinski definition) is 5. The van der Waals surface area contributed by atoms with Crippen molar-refractivity contribution in [3.63, 3.8) is 0 Å². The highest BCUT2D eigenvalue weighted by Gasteiger charge is 2.39. The van der Waals surface area contributed by atoms with Crippen LogP contribution in [0, 0.1) is 13.8 Å². The molecule has 172 valence electrons. The van der Waals surface area contributed by atoms with Gasteiger partial charge in [-0.15, -0.1) is 0 Å². The lowest BCUT2D eigenvalue weighted by Gasteiger charge is -2.18. The molecule has 2 aliphatic heterocycles. The summed E-state index contributed by atoms with van der Waals surface area (Å²) < 4.78 is 0. The maximum absolute atomic E-state index is 13.6. The van der Waals surface area contributed by atoms with Gasteiger partial charge >= 0.3 is 0 Å². The molecule has 6 heteroatoms. The van der Waals surface area contributed by atoms with Gasteiger partial charge in [-0.25, -0.2) is 0 Å². The zero-order valence-electron chi connectivity index (χ0n) is 19.5. The van der Waals surface area contributed by atoms with Crippen LogP contribution in [0.3, 0.4) is 0 Å². The third-order valence-corrected chi connectivity index (χ3v) is 6.49. The number of pyridine rings is 1. The van der Waals surface area contributed by atoms with Gasteiger partial charge in [0.05, 0.1) is 12.1 Å². The van der Waals surface area contributed by atoms with Gasteiger partial charge in [0.1, 0.15) is 5.70 Å².